The van der Waals surface area contributed by atoms with E-state index in [2.05, 4.69) is 0 Å². The maximum Gasteiger partial charge on any atom is 0.251 e. The lowest BCUT2D eigenvalue weighted by Gasteiger charge is -2.07. The quantitative estimate of drug-likeness (QED) is 0.507. The Kier molecular flexibility index (Phi) is 2.17. The van der Waals surface area contributed by atoms with Gasteiger partial charge in [0.15, 0.2) is 0 Å². The highest BCUT2D eigenvalue weighted by Gasteiger charge is 2.21. The monoisotopic (exact) mass is 154 g/mol. The fourth-order valence-corrected chi connectivity index (χ4v) is 1.17. The van der Waals surface area contributed by atoms with E-state index >= 15 is 0 Å². The Morgan fingerprint density at radius 3 is 2.55 bits per heavy atom. The van der Waals surface area contributed by atoms with E-state index in [-0.39, 0.29) is 5.91 Å². The molecule has 0 atom stereocenters. The van der Waals surface area contributed by atoms with Crippen molar-refractivity contribution in [2.45, 2.75) is 6.42 Å². The number of likely N-dealkylation sites (tertiary alicyclic amines) is 1. The topological polar surface area (TPSA) is 23.6 Å². The summed E-state index contributed by atoms with van der Waals surface area (Å²) >= 11 is 0. The second kappa shape index (κ2) is 2.95. The molecule has 1 saturated heterocycles. The lowest BCUT2D eigenvalue weighted by molar-refractivity contribution is -0.123. The van der Waals surface area contributed by atoms with Gasteiger partial charge in [0.25, 0.3) is 5.91 Å². The highest BCUT2D eigenvalue weighted by atomic mass is 16.2. The number of rotatable bonds is 1. The van der Waals surface area contributed by atoms with Crippen LogP contribution in [0.1, 0.15) is 6.42 Å². The molecule has 62 valence electrons. The third kappa shape index (κ3) is 1.73. The molecule has 3 heteroatoms. The zero-order chi connectivity index (χ0) is 8.43. The second-order valence-corrected chi connectivity index (χ2v) is 3.09. The largest absolute Gasteiger partial charge is 0.383 e. The number of nitrogens with zero attached hydrogens (tertiary/aromatic N) is 2. The van der Waals surface area contributed by atoms with Crippen molar-refractivity contribution < 1.29 is 4.79 Å². The first-order valence-electron chi connectivity index (χ1n) is 3.74. The standard InChI is InChI=1S/C8H14N2O/c1-9(2)6-7-4-5-10(3)8(7)11/h6H,4-5H2,1-3H3/b7-6+. The molecule has 1 aliphatic heterocycles. The van der Waals surface area contributed by atoms with Crippen molar-refractivity contribution in [2.24, 2.45) is 0 Å². The third-order valence-corrected chi connectivity index (χ3v) is 1.75. The molecular weight excluding hydrogens is 140 g/mol. The van der Waals surface area contributed by atoms with E-state index in [1.807, 2.05) is 32.2 Å². The SMILES string of the molecule is CN(C)/C=C1\CCN(C)C1=O. The van der Waals surface area contributed by atoms with Crippen molar-refractivity contribution in [2.75, 3.05) is 27.7 Å². The van der Waals surface area contributed by atoms with Crippen LogP contribution in [0.25, 0.3) is 0 Å². The van der Waals surface area contributed by atoms with E-state index in [0.29, 0.717) is 0 Å². The Morgan fingerprint density at radius 1 is 1.55 bits per heavy atom. The van der Waals surface area contributed by atoms with Crippen LogP contribution in [0.3, 0.4) is 0 Å². The number of amides is 1. The number of carbonyl (C=O) groups excluding carboxylic acids is 1. The van der Waals surface area contributed by atoms with Crippen LogP contribution in [0.5, 0.6) is 0 Å². The Labute approximate surface area is 67.3 Å². The van der Waals surface area contributed by atoms with Crippen LogP contribution >= 0.6 is 0 Å². The zero-order valence-electron chi connectivity index (χ0n) is 7.29. The molecule has 0 N–H and O–H groups in total. The van der Waals surface area contributed by atoms with Crippen molar-refractivity contribution >= 4 is 5.91 Å². The molecule has 1 amide bonds. The van der Waals surface area contributed by atoms with Gasteiger partial charge in [0.1, 0.15) is 0 Å². The van der Waals surface area contributed by atoms with Gasteiger partial charge in [-0.2, -0.15) is 0 Å². The van der Waals surface area contributed by atoms with Gasteiger partial charge >= 0.3 is 0 Å². The Hall–Kier alpha value is -0.990. The van der Waals surface area contributed by atoms with E-state index in [4.69, 9.17) is 0 Å². The summed E-state index contributed by atoms with van der Waals surface area (Å²) in [5.41, 5.74) is 0.914. The molecule has 1 aliphatic rings. The van der Waals surface area contributed by atoms with E-state index in [1.54, 1.807) is 4.90 Å². The summed E-state index contributed by atoms with van der Waals surface area (Å²) in [6, 6.07) is 0. The van der Waals surface area contributed by atoms with Gasteiger partial charge in [-0.1, -0.05) is 0 Å². The first-order valence-corrected chi connectivity index (χ1v) is 3.74. The van der Waals surface area contributed by atoms with Crippen LogP contribution < -0.4 is 0 Å². The summed E-state index contributed by atoms with van der Waals surface area (Å²) in [5.74, 6) is 0.165. The number of hydrogen-bond donors (Lipinski definition) is 0. The summed E-state index contributed by atoms with van der Waals surface area (Å²) in [4.78, 5) is 14.9. The minimum Gasteiger partial charge on any atom is -0.383 e. The lowest BCUT2D eigenvalue weighted by atomic mass is 10.2. The molecule has 0 unspecified atom stereocenters. The fraction of sp³-hybridized carbons (Fsp3) is 0.625. The molecule has 3 nitrogen and oxygen atoms in total. The fourth-order valence-electron chi connectivity index (χ4n) is 1.17. The second-order valence-electron chi connectivity index (χ2n) is 3.09. The van der Waals surface area contributed by atoms with Crippen LogP contribution in [0.2, 0.25) is 0 Å². The zero-order valence-corrected chi connectivity index (χ0v) is 7.29. The highest BCUT2D eigenvalue weighted by molar-refractivity contribution is 5.95. The Balaban J connectivity index is 2.69. The lowest BCUT2D eigenvalue weighted by Crippen LogP contribution is -2.19. The van der Waals surface area contributed by atoms with Crippen molar-refractivity contribution in [1.82, 2.24) is 9.80 Å². The van der Waals surface area contributed by atoms with Gasteiger partial charge in [0.2, 0.25) is 0 Å². The molecule has 1 fully saturated rings. The molecule has 1 rings (SSSR count). The molecule has 0 spiro atoms. The van der Waals surface area contributed by atoms with Gasteiger partial charge in [0.05, 0.1) is 0 Å². The molecule has 11 heavy (non-hydrogen) atoms. The molecule has 0 radical (unpaired) electrons. The minimum atomic E-state index is 0.165. The van der Waals surface area contributed by atoms with E-state index in [1.165, 1.54) is 0 Å². The van der Waals surface area contributed by atoms with Gasteiger partial charge in [-0.05, 0) is 6.42 Å². The summed E-state index contributed by atoms with van der Waals surface area (Å²) in [5, 5.41) is 0. The highest BCUT2D eigenvalue weighted by Crippen LogP contribution is 2.14. The maximum absolute atomic E-state index is 11.3. The van der Waals surface area contributed by atoms with E-state index in [9.17, 15) is 4.79 Å². The smallest absolute Gasteiger partial charge is 0.251 e. The molecule has 1 heterocycles. The van der Waals surface area contributed by atoms with Crippen LogP contribution in [-0.4, -0.2) is 43.4 Å². The molecule has 0 aliphatic carbocycles. The number of likely N-dealkylation sites (N-methyl/N-ethyl adjacent to an activating group) is 1. The summed E-state index contributed by atoms with van der Waals surface area (Å²) < 4.78 is 0. The number of hydrogen-bond acceptors (Lipinski definition) is 2. The van der Waals surface area contributed by atoms with Gasteiger partial charge in [0, 0.05) is 39.5 Å². The average molecular weight is 154 g/mol. The molecule has 0 aromatic carbocycles. The van der Waals surface area contributed by atoms with E-state index < -0.39 is 0 Å². The first-order chi connectivity index (χ1) is 5.11. The average Bonchev–Trinajstić information content (AvgIpc) is 2.18. The van der Waals surface area contributed by atoms with Crippen molar-refractivity contribution in [3.05, 3.63) is 11.8 Å². The van der Waals surface area contributed by atoms with Crippen LogP contribution in [-0.2, 0) is 4.79 Å². The van der Waals surface area contributed by atoms with Gasteiger partial charge < -0.3 is 9.80 Å². The Bertz CT molecular complexity index is 196. The van der Waals surface area contributed by atoms with Crippen molar-refractivity contribution in [3.8, 4) is 0 Å². The van der Waals surface area contributed by atoms with Crippen molar-refractivity contribution in [3.63, 3.8) is 0 Å². The van der Waals surface area contributed by atoms with Gasteiger partial charge in [-0.3, -0.25) is 4.79 Å². The van der Waals surface area contributed by atoms with Crippen LogP contribution in [0.4, 0.5) is 0 Å². The summed E-state index contributed by atoms with van der Waals surface area (Å²) in [6.45, 7) is 0.860. The molecule has 0 aromatic rings. The predicted molar refractivity (Wildman–Crippen MR) is 44.0 cm³/mol. The molecule has 0 saturated carbocycles. The predicted octanol–water partition coefficient (Wildman–Crippen LogP) is 0.294. The van der Waals surface area contributed by atoms with Crippen LogP contribution in [0, 0.1) is 0 Å². The van der Waals surface area contributed by atoms with Crippen molar-refractivity contribution in [1.29, 1.82) is 0 Å². The van der Waals surface area contributed by atoms with E-state index in [0.717, 1.165) is 18.5 Å². The Morgan fingerprint density at radius 2 is 2.18 bits per heavy atom. The summed E-state index contributed by atoms with van der Waals surface area (Å²) in [6.07, 6.45) is 2.78. The van der Waals surface area contributed by atoms with Gasteiger partial charge in [-0.25, -0.2) is 0 Å². The number of carbonyl (C=O) groups is 1. The van der Waals surface area contributed by atoms with Gasteiger partial charge in [-0.15, -0.1) is 0 Å². The minimum absolute atomic E-state index is 0.165. The first kappa shape index (κ1) is 8.11. The third-order valence-electron chi connectivity index (χ3n) is 1.75. The maximum atomic E-state index is 11.3. The molecule has 0 bridgehead atoms. The molecular formula is C8H14N2O. The van der Waals surface area contributed by atoms with Crippen LogP contribution in [0.15, 0.2) is 11.8 Å². The summed E-state index contributed by atoms with van der Waals surface area (Å²) in [7, 11) is 5.69. The molecule has 0 aromatic heterocycles. The normalized spacial score (nSPS) is 21.5.